The van der Waals surface area contributed by atoms with Crippen LogP contribution >= 0.6 is 11.3 Å². The molecule has 0 aromatic carbocycles. The second-order valence-corrected chi connectivity index (χ2v) is 5.49. The summed E-state index contributed by atoms with van der Waals surface area (Å²) in [6, 6.07) is 3.67. The molecule has 2 N–H and O–H groups in total. The van der Waals surface area contributed by atoms with Gasteiger partial charge in [0.15, 0.2) is 5.82 Å². The van der Waals surface area contributed by atoms with Gasteiger partial charge in [-0.25, -0.2) is 0 Å². The molecule has 4 nitrogen and oxygen atoms in total. The fourth-order valence-corrected chi connectivity index (χ4v) is 2.33. The number of hydrogen-bond acceptors (Lipinski definition) is 5. The third-order valence-corrected chi connectivity index (χ3v) is 4.05. The molecule has 3 rings (SSSR count). The second-order valence-electron chi connectivity index (χ2n) is 4.51. The van der Waals surface area contributed by atoms with E-state index in [2.05, 4.69) is 17.1 Å². The minimum absolute atomic E-state index is 0.136. The van der Waals surface area contributed by atoms with Gasteiger partial charge in [-0.15, -0.1) is 11.3 Å². The van der Waals surface area contributed by atoms with Gasteiger partial charge in [0, 0.05) is 10.3 Å². The Morgan fingerprint density at radius 2 is 2.38 bits per heavy atom. The zero-order valence-electron chi connectivity index (χ0n) is 9.01. The standard InChI is InChI=1S/C11H13N3OS/c1-11(4-5-11)10-13-9(15-14-10)8(12)7-3-2-6-16-7/h2-3,6,8H,4-5,12H2,1H3. The molecule has 84 valence electrons. The molecule has 1 aliphatic rings. The molecule has 1 fully saturated rings. The van der Waals surface area contributed by atoms with E-state index in [0.717, 1.165) is 23.5 Å². The first-order valence-corrected chi connectivity index (χ1v) is 6.20. The number of nitrogens with zero attached hydrogens (tertiary/aromatic N) is 2. The molecule has 2 aromatic rings. The van der Waals surface area contributed by atoms with Crippen molar-refractivity contribution >= 4 is 11.3 Å². The summed E-state index contributed by atoms with van der Waals surface area (Å²) in [5.74, 6) is 1.32. The van der Waals surface area contributed by atoms with Crippen LogP contribution in [0, 0.1) is 0 Å². The highest BCUT2D eigenvalue weighted by atomic mass is 32.1. The molecule has 2 heterocycles. The highest BCUT2D eigenvalue weighted by Gasteiger charge is 2.43. The van der Waals surface area contributed by atoms with Crippen molar-refractivity contribution in [3.8, 4) is 0 Å². The molecule has 0 radical (unpaired) electrons. The second kappa shape index (κ2) is 3.40. The Bertz CT molecular complexity index is 487. The minimum atomic E-state index is -0.288. The van der Waals surface area contributed by atoms with Crippen LogP contribution in [0.2, 0.25) is 0 Å². The molecular formula is C11H13N3OS. The van der Waals surface area contributed by atoms with Crippen LogP contribution in [0.5, 0.6) is 0 Å². The van der Waals surface area contributed by atoms with Gasteiger partial charge in [0.1, 0.15) is 6.04 Å². The molecular weight excluding hydrogens is 222 g/mol. The first-order valence-electron chi connectivity index (χ1n) is 5.32. The molecule has 1 saturated carbocycles. The van der Waals surface area contributed by atoms with Crippen molar-refractivity contribution in [2.45, 2.75) is 31.2 Å². The van der Waals surface area contributed by atoms with Gasteiger partial charge in [-0.2, -0.15) is 4.98 Å². The summed E-state index contributed by atoms with van der Waals surface area (Å²) in [6.45, 7) is 2.15. The van der Waals surface area contributed by atoms with Gasteiger partial charge in [0.25, 0.3) is 0 Å². The summed E-state index contributed by atoms with van der Waals surface area (Å²) >= 11 is 1.61. The van der Waals surface area contributed by atoms with Crippen LogP contribution in [0.15, 0.2) is 22.0 Å². The Morgan fingerprint density at radius 1 is 1.56 bits per heavy atom. The van der Waals surface area contributed by atoms with Gasteiger partial charge in [-0.3, -0.25) is 0 Å². The molecule has 0 amide bonds. The summed E-state index contributed by atoms with van der Waals surface area (Å²) in [4.78, 5) is 5.46. The van der Waals surface area contributed by atoms with Gasteiger partial charge in [0.2, 0.25) is 5.89 Å². The third kappa shape index (κ3) is 1.56. The minimum Gasteiger partial charge on any atom is -0.337 e. The molecule has 2 aromatic heterocycles. The van der Waals surface area contributed by atoms with Crippen molar-refractivity contribution in [3.05, 3.63) is 34.1 Å². The Balaban J connectivity index is 1.87. The number of nitrogens with two attached hydrogens (primary N) is 1. The van der Waals surface area contributed by atoms with E-state index in [9.17, 15) is 0 Å². The monoisotopic (exact) mass is 235 g/mol. The normalized spacial score (nSPS) is 19.6. The van der Waals surface area contributed by atoms with E-state index in [1.54, 1.807) is 11.3 Å². The number of aromatic nitrogens is 2. The number of thiophene rings is 1. The van der Waals surface area contributed by atoms with Gasteiger partial charge < -0.3 is 10.3 Å². The lowest BCUT2D eigenvalue weighted by Crippen LogP contribution is -2.11. The summed E-state index contributed by atoms with van der Waals surface area (Å²) in [5, 5.41) is 6.01. The molecule has 0 spiro atoms. The molecule has 0 saturated heterocycles. The highest BCUT2D eigenvalue weighted by Crippen LogP contribution is 2.46. The van der Waals surface area contributed by atoms with Crippen LogP contribution in [-0.4, -0.2) is 10.1 Å². The number of rotatable bonds is 3. The van der Waals surface area contributed by atoms with E-state index in [0.29, 0.717) is 5.89 Å². The zero-order valence-corrected chi connectivity index (χ0v) is 9.83. The van der Waals surface area contributed by atoms with Gasteiger partial charge in [0.05, 0.1) is 0 Å². The van der Waals surface area contributed by atoms with E-state index in [4.69, 9.17) is 10.3 Å². The Morgan fingerprint density at radius 3 is 3.00 bits per heavy atom. The van der Waals surface area contributed by atoms with Crippen LogP contribution in [0.3, 0.4) is 0 Å². The van der Waals surface area contributed by atoms with E-state index in [-0.39, 0.29) is 11.5 Å². The molecule has 0 bridgehead atoms. The smallest absolute Gasteiger partial charge is 0.249 e. The van der Waals surface area contributed by atoms with Crippen molar-refractivity contribution in [3.63, 3.8) is 0 Å². The van der Waals surface area contributed by atoms with Crippen LogP contribution < -0.4 is 5.73 Å². The van der Waals surface area contributed by atoms with Crippen molar-refractivity contribution < 1.29 is 4.52 Å². The predicted molar refractivity (Wildman–Crippen MR) is 61.2 cm³/mol. The lowest BCUT2D eigenvalue weighted by molar-refractivity contribution is 0.360. The van der Waals surface area contributed by atoms with Gasteiger partial charge >= 0.3 is 0 Å². The maximum atomic E-state index is 6.05. The van der Waals surface area contributed by atoms with E-state index in [1.807, 2.05) is 17.5 Å². The summed E-state index contributed by atoms with van der Waals surface area (Å²) in [5.41, 5.74) is 6.19. The Labute approximate surface area is 97.5 Å². The van der Waals surface area contributed by atoms with E-state index in [1.165, 1.54) is 0 Å². The molecule has 1 unspecified atom stereocenters. The molecule has 1 atom stereocenters. The van der Waals surface area contributed by atoms with Crippen molar-refractivity contribution in [1.82, 2.24) is 10.1 Å². The molecule has 0 aliphatic heterocycles. The molecule has 16 heavy (non-hydrogen) atoms. The summed E-state index contributed by atoms with van der Waals surface area (Å²) in [6.07, 6.45) is 2.28. The van der Waals surface area contributed by atoms with Crippen LogP contribution in [-0.2, 0) is 5.41 Å². The first-order chi connectivity index (χ1) is 7.69. The fourth-order valence-electron chi connectivity index (χ4n) is 1.61. The average Bonchev–Trinajstić information content (AvgIpc) is 2.85. The predicted octanol–water partition coefficient (Wildman–Crippen LogP) is 2.23. The fraction of sp³-hybridized carbons (Fsp3) is 0.455. The largest absolute Gasteiger partial charge is 0.337 e. The van der Waals surface area contributed by atoms with Crippen LogP contribution in [0.4, 0.5) is 0 Å². The average molecular weight is 235 g/mol. The highest BCUT2D eigenvalue weighted by molar-refractivity contribution is 7.10. The first kappa shape index (κ1) is 9.99. The van der Waals surface area contributed by atoms with Crippen LogP contribution in [0.25, 0.3) is 0 Å². The Hall–Kier alpha value is -1.20. The van der Waals surface area contributed by atoms with Crippen molar-refractivity contribution in [2.75, 3.05) is 0 Å². The SMILES string of the molecule is CC1(c2noc(C(N)c3cccs3)n2)CC1. The van der Waals surface area contributed by atoms with Crippen molar-refractivity contribution in [1.29, 1.82) is 0 Å². The van der Waals surface area contributed by atoms with Gasteiger partial charge in [-0.1, -0.05) is 18.1 Å². The third-order valence-electron chi connectivity index (χ3n) is 3.10. The summed E-state index contributed by atoms with van der Waals surface area (Å²) in [7, 11) is 0. The van der Waals surface area contributed by atoms with Crippen LogP contribution in [0.1, 0.15) is 42.4 Å². The number of hydrogen-bond donors (Lipinski definition) is 1. The summed E-state index contributed by atoms with van der Waals surface area (Å²) < 4.78 is 5.24. The van der Waals surface area contributed by atoms with E-state index < -0.39 is 0 Å². The lowest BCUT2D eigenvalue weighted by Gasteiger charge is -2.02. The maximum absolute atomic E-state index is 6.05. The quantitative estimate of drug-likeness (QED) is 0.886. The maximum Gasteiger partial charge on any atom is 0.249 e. The topological polar surface area (TPSA) is 64.9 Å². The molecule has 1 aliphatic carbocycles. The zero-order chi connectivity index (χ0) is 11.2. The van der Waals surface area contributed by atoms with E-state index >= 15 is 0 Å². The Kier molecular flexibility index (Phi) is 2.12. The molecule has 5 heteroatoms. The van der Waals surface area contributed by atoms with Gasteiger partial charge in [-0.05, 0) is 24.3 Å². The lowest BCUT2D eigenvalue weighted by atomic mass is 10.1. The van der Waals surface area contributed by atoms with Crippen molar-refractivity contribution in [2.24, 2.45) is 5.73 Å².